The van der Waals surface area contributed by atoms with Crippen LogP contribution in [0, 0.1) is 12.8 Å². The second-order valence-electron chi connectivity index (χ2n) is 7.58. The van der Waals surface area contributed by atoms with Crippen LogP contribution in [-0.4, -0.2) is 38.6 Å². The van der Waals surface area contributed by atoms with Crippen molar-refractivity contribution in [2.24, 2.45) is 13.0 Å². The monoisotopic (exact) mass is 365 g/mol. The maximum Gasteiger partial charge on any atom is 0.317 e. The van der Waals surface area contributed by atoms with Gasteiger partial charge in [-0.3, -0.25) is 0 Å². The van der Waals surface area contributed by atoms with Gasteiger partial charge in [-0.05, 0) is 43.2 Å². The van der Waals surface area contributed by atoms with Crippen LogP contribution < -0.4 is 5.32 Å². The largest absolute Gasteiger partial charge is 0.343 e. The van der Waals surface area contributed by atoms with Crippen LogP contribution in [-0.2, 0) is 13.6 Å². The van der Waals surface area contributed by atoms with E-state index >= 15 is 0 Å². The number of likely N-dealkylation sites (N-methyl/N-ethyl adjacent to an activating group) is 1. The van der Waals surface area contributed by atoms with Crippen LogP contribution in [0.15, 0.2) is 42.7 Å². The Morgan fingerprint density at radius 3 is 2.85 bits per heavy atom. The summed E-state index contributed by atoms with van der Waals surface area (Å²) in [5, 5.41) is 4.44. The Balaban J connectivity index is 1.42. The third kappa shape index (κ3) is 3.56. The number of carbonyl (C=O) groups is 1. The van der Waals surface area contributed by atoms with Crippen LogP contribution in [0.3, 0.4) is 0 Å². The van der Waals surface area contributed by atoms with Gasteiger partial charge >= 0.3 is 6.03 Å². The molecule has 4 rings (SSSR count). The Morgan fingerprint density at radius 2 is 2.15 bits per heavy atom. The van der Waals surface area contributed by atoms with Crippen LogP contribution in [0.25, 0.3) is 10.9 Å². The molecule has 3 aromatic rings. The van der Waals surface area contributed by atoms with E-state index in [1.54, 1.807) is 11.1 Å². The molecule has 2 aromatic heterocycles. The summed E-state index contributed by atoms with van der Waals surface area (Å²) >= 11 is 0. The summed E-state index contributed by atoms with van der Waals surface area (Å²) in [7, 11) is 3.84. The number of amides is 2. The number of aryl methyl sites for hydroxylation is 2. The number of nitrogens with one attached hydrogen (secondary N) is 1. The van der Waals surface area contributed by atoms with Crippen molar-refractivity contribution in [1.82, 2.24) is 24.3 Å². The molecule has 0 spiro atoms. The molecule has 142 valence electrons. The minimum atomic E-state index is -0.0379. The molecular formula is C21H27N5O. The number of nitrogens with zero attached hydrogens (tertiary/aromatic N) is 4. The van der Waals surface area contributed by atoms with Crippen molar-refractivity contribution in [3.63, 3.8) is 0 Å². The molecule has 1 aliphatic carbocycles. The molecule has 0 bridgehead atoms. The van der Waals surface area contributed by atoms with Gasteiger partial charge in [0.25, 0.3) is 0 Å². The van der Waals surface area contributed by atoms with Gasteiger partial charge in [-0.15, -0.1) is 0 Å². The molecule has 1 atom stereocenters. The maximum atomic E-state index is 12.8. The number of hydrogen-bond donors (Lipinski definition) is 1. The summed E-state index contributed by atoms with van der Waals surface area (Å²) in [4.78, 5) is 19.0. The van der Waals surface area contributed by atoms with E-state index in [-0.39, 0.29) is 12.1 Å². The highest BCUT2D eigenvalue weighted by molar-refractivity contribution is 5.81. The fourth-order valence-corrected chi connectivity index (χ4v) is 3.74. The van der Waals surface area contributed by atoms with Gasteiger partial charge in [0.15, 0.2) is 0 Å². The molecule has 1 aliphatic rings. The molecule has 1 fully saturated rings. The molecular weight excluding hydrogens is 338 g/mol. The summed E-state index contributed by atoms with van der Waals surface area (Å²) in [5.74, 6) is 1.44. The minimum Gasteiger partial charge on any atom is -0.343 e. The van der Waals surface area contributed by atoms with Crippen molar-refractivity contribution in [2.45, 2.75) is 32.4 Å². The van der Waals surface area contributed by atoms with Gasteiger partial charge in [-0.2, -0.15) is 0 Å². The summed E-state index contributed by atoms with van der Waals surface area (Å²) in [6.45, 7) is 3.55. The predicted octanol–water partition coefficient (Wildman–Crippen LogP) is 3.48. The van der Waals surface area contributed by atoms with E-state index in [2.05, 4.69) is 52.1 Å². The van der Waals surface area contributed by atoms with Crippen LogP contribution in [0.1, 0.15) is 30.4 Å². The number of para-hydroxylation sites is 1. The number of carbonyl (C=O) groups excluding carboxylic acids is 1. The van der Waals surface area contributed by atoms with E-state index in [1.807, 2.05) is 24.9 Å². The Kier molecular flexibility index (Phi) is 4.64. The Labute approximate surface area is 159 Å². The van der Waals surface area contributed by atoms with Crippen LogP contribution in [0.5, 0.6) is 0 Å². The van der Waals surface area contributed by atoms with Gasteiger partial charge in [0, 0.05) is 50.8 Å². The third-order valence-electron chi connectivity index (χ3n) is 5.53. The standard InChI is InChI=1S/C21H27N5O/c1-15-14-17-6-4-5-7-18(17)26(15)13-12-25(3)21(27)23-19(16-8-9-16)20-22-10-11-24(20)2/h4-7,10-11,14,16,19H,8-9,12-13H2,1-3H3,(H,23,27)/t19-/m0/s1. The number of hydrogen-bond acceptors (Lipinski definition) is 2. The first-order valence-electron chi connectivity index (χ1n) is 9.58. The van der Waals surface area contributed by atoms with Crippen LogP contribution >= 0.6 is 0 Å². The van der Waals surface area contributed by atoms with Gasteiger partial charge in [-0.1, -0.05) is 18.2 Å². The summed E-state index contributed by atoms with van der Waals surface area (Å²) < 4.78 is 4.27. The van der Waals surface area contributed by atoms with E-state index in [4.69, 9.17) is 0 Å². The molecule has 0 saturated heterocycles. The smallest absolute Gasteiger partial charge is 0.317 e. The molecule has 1 N–H and O–H groups in total. The highest BCUT2D eigenvalue weighted by Gasteiger charge is 2.36. The number of aromatic nitrogens is 3. The van der Waals surface area contributed by atoms with Gasteiger partial charge in [0.1, 0.15) is 5.82 Å². The Bertz CT molecular complexity index is 953. The Hall–Kier alpha value is -2.76. The molecule has 6 heteroatoms. The van der Waals surface area contributed by atoms with Gasteiger partial charge in [-0.25, -0.2) is 9.78 Å². The normalized spacial score (nSPS) is 15.1. The number of fused-ring (bicyclic) bond motifs is 1. The van der Waals surface area contributed by atoms with Crippen LogP contribution in [0.4, 0.5) is 4.79 Å². The fraction of sp³-hybridized carbons (Fsp3) is 0.429. The van der Waals surface area contributed by atoms with E-state index in [1.165, 1.54) is 16.6 Å². The second-order valence-corrected chi connectivity index (χ2v) is 7.58. The molecule has 27 heavy (non-hydrogen) atoms. The number of rotatable bonds is 6. The summed E-state index contributed by atoms with van der Waals surface area (Å²) in [6.07, 6.45) is 6.02. The van der Waals surface area contributed by atoms with Gasteiger partial charge < -0.3 is 19.4 Å². The zero-order chi connectivity index (χ0) is 19.0. The third-order valence-corrected chi connectivity index (χ3v) is 5.53. The highest BCUT2D eigenvalue weighted by Crippen LogP contribution is 2.40. The molecule has 2 heterocycles. The zero-order valence-electron chi connectivity index (χ0n) is 16.2. The van der Waals surface area contributed by atoms with Gasteiger partial charge in [0.05, 0.1) is 6.04 Å². The first-order chi connectivity index (χ1) is 13.0. The lowest BCUT2D eigenvalue weighted by molar-refractivity contribution is 0.200. The van der Waals surface area contributed by atoms with Crippen LogP contribution in [0.2, 0.25) is 0 Å². The predicted molar refractivity (Wildman–Crippen MR) is 107 cm³/mol. The molecule has 0 radical (unpaired) electrons. The number of imidazole rings is 1. The number of urea groups is 1. The average molecular weight is 365 g/mol. The van der Waals surface area contributed by atoms with Crippen molar-refractivity contribution in [3.05, 3.63) is 54.2 Å². The molecule has 2 amide bonds. The topological polar surface area (TPSA) is 55.1 Å². The van der Waals surface area contributed by atoms with Gasteiger partial charge in [0.2, 0.25) is 0 Å². The quantitative estimate of drug-likeness (QED) is 0.727. The van der Waals surface area contributed by atoms with E-state index in [0.717, 1.165) is 25.2 Å². The lowest BCUT2D eigenvalue weighted by atomic mass is 10.1. The van der Waals surface area contributed by atoms with Crippen molar-refractivity contribution >= 4 is 16.9 Å². The highest BCUT2D eigenvalue weighted by atomic mass is 16.2. The van der Waals surface area contributed by atoms with Crippen molar-refractivity contribution in [1.29, 1.82) is 0 Å². The summed E-state index contributed by atoms with van der Waals surface area (Å²) in [5.41, 5.74) is 2.43. The van der Waals surface area contributed by atoms with Crippen molar-refractivity contribution in [3.8, 4) is 0 Å². The SMILES string of the molecule is Cc1cc2ccccc2n1CCN(C)C(=O)N[C@H](c1nccn1C)C1CC1. The van der Waals surface area contributed by atoms with Crippen molar-refractivity contribution in [2.75, 3.05) is 13.6 Å². The maximum absolute atomic E-state index is 12.8. The van der Waals surface area contributed by atoms with E-state index in [9.17, 15) is 4.79 Å². The molecule has 6 nitrogen and oxygen atoms in total. The molecule has 1 saturated carbocycles. The lowest BCUT2D eigenvalue weighted by Crippen LogP contribution is -2.42. The van der Waals surface area contributed by atoms with Crippen molar-refractivity contribution < 1.29 is 4.79 Å². The molecule has 0 unspecified atom stereocenters. The lowest BCUT2D eigenvalue weighted by Gasteiger charge is -2.24. The average Bonchev–Trinajstić information content (AvgIpc) is 3.33. The molecule has 0 aliphatic heterocycles. The Morgan fingerprint density at radius 1 is 1.37 bits per heavy atom. The zero-order valence-corrected chi connectivity index (χ0v) is 16.2. The summed E-state index contributed by atoms with van der Waals surface area (Å²) in [6, 6.07) is 10.5. The second kappa shape index (κ2) is 7.10. The molecule has 1 aromatic carbocycles. The van der Waals surface area contributed by atoms with E-state index in [0.29, 0.717) is 12.5 Å². The first-order valence-corrected chi connectivity index (χ1v) is 9.58. The first kappa shape index (κ1) is 17.6. The minimum absolute atomic E-state index is 0.00547. The fourth-order valence-electron chi connectivity index (χ4n) is 3.74. The van der Waals surface area contributed by atoms with E-state index < -0.39 is 0 Å². The number of benzene rings is 1.